The molecular formula is C15H13NO2. The van der Waals surface area contributed by atoms with Crippen LogP contribution in [0.4, 0.5) is 0 Å². The lowest BCUT2D eigenvalue weighted by Gasteiger charge is -2.03. The lowest BCUT2D eigenvalue weighted by Crippen LogP contribution is -2.02. The average molecular weight is 239 g/mol. The lowest BCUT2D eigenvalue weighted by atomic mass is 10.1. The van der Waals surface area contributed by atoms with E-state index in [-0.39, 0.29) is 6.42 Å². The van der Waals surface area contributed by atoms with Gasteiger partial charge in [0.05, 0.1) is 11.9 Å². The highest BCUT2D eigenvalue weighted by Crippen LogP contribution is 2.30. The van der Waals surface area contributed by atoms with Gasteiger partial charge < -0.3 is 9.67 Å². The molecule has 1 aromatic heterocycles. The van der Waals surface area contributed by atoms with Crippen molar-refractivity contribution in [2.75, 3.05) is 0 Å². The topological polar surface area (TPSA) is 42.2 Å². The Hall–Kier alpha value is -2.29. The normalized spacial score (nSPS) is 11.2. The number of benzene rings is 2. The number of aliphatic carboxylic acids is 1. The van der Waals surface area contributed by atoms with Crippen LogP contribution in [0.25, 0.3) is 21.8 Å². The zero-order valence-corrected chi connectivity index (χ0v) is 10.1. The van der Waals surface area contributed by atoms with Gasteiger partial charge in [0.25, 0.3) is 0 Å². The number of para-hydroxylation sites is 2. The molecule has 0 spiro atoms. The van der Waals surface area contributed by atoms with Crippen LogP contribution in [0.15, 0.2) is 42.5 Å². The highest BCUT2D eigenvalue weighted by Gasteiger charge is 2.12. The van der Waals surface area contributed by atoms with E-state index in [0.29, 0.717) is 0 Å². The Morgan fingerprint density at radius 3 is 2.61 bits per heavy atom. The van der Waals surface area contributed by atoms with Crippen LogP contribution in [-0.2, 0) is 18.3 Å². The number of fused-ring (bicyclic) bond motifs is 3. The number of carbonyl (C=O) groups is 1. The second-order valence-electron chi connectivity index (χ2n) is 4.46. The van der Waals surface area contributed by atoms with Crippen LogP contribution in [-0.4, -0.2) is 15.6 Å². The molecule has 0 saturated carbocycles. The fourth-order valence-electron chi connectivity index (χ4n) is 2.62. The second-order valence-corrected chi connectivity index (χ2v) is 4.46. The first kappa shape index (κ1) is 10.8. The molecule has 2 aromatic carbocycles. The molecule has 0 aliphatic heterocycles. The first-order chi connectivity index (χ1) is 8.68. The highest BCUT2D eigenvalue weighted by atomic mass is 16.4. The standard InChI is InChI=1S/C15H13NO2/c1-16-13-8-3-2-6-11(13)12-7-4-5-10(15(12)16)9-14(17)18/h2-8H,9H2,1H3,(H,17,18). The van der Waals surface area contributed by atoms with Gasteiger partial charge in [-0.05, 0) is 11.6 Å². The second kappa shape index (κ2) is 3.88. The van der Waals surface area contributed by atoms with Gasteiger partial charge in [-0.15, -0.1) is 0 Å². The van der Waals surface area contributed by atoms with E-state index in [4.69, 9.17) is 5.11 Å². The summed E-state index contributed by atoms with van der Waals surface area (Å²) in [6, 6.07) is 14.0. The Morgan fingerprint density at radius 1 is 1.11 bits per heavy atom. The molecule has 0 atom stereocenters. The van der Waals surface area contributed by atoms with Crippen LogP contribution >= 0.6 is 0 Å². The van der Waals surface area contributed by atoms with Crippen molar-refractivity contribution in [3.05, 3.63) is 48.0 Å². The SMILES string of the molecule is Cn1c2ccccc2c2cccc(CC(=O)O)c21. The number of aryl methyl sites for hydroxylation is 1. The molecule has 0 bridgehead atoms. The van der Waals surface area contributed by atoms with Crippen LogP contribution in [0.3, 0.4) is 0 Å². The predicted molar refractivity (Wildman–Crippen MR) is 71.8 cm³/mol. The fourth-order valence-corrected chi connectivity index (χ4v) is 2.62. The number of aromatic nitrogens is 1. The molecule has 1 N–H and O–H groups in total. The van der Waals surface area contributed by atoms with Crippen molar-refractivity contribution in [3.8, 4) is 0 Å². The van der Waals surface area contributed by atoms with Gasteiger partial charge in [-0.1, -0.05) is 36.4 Å². The molecule has 1 heterocycles. The number of carboxylic acid groups (broad SMARTS) is 1. The number of rotatable bonds is 2. The summed E-state index contributed by atoms with van der Waals surface area (Å²) in [5, 5.41) is 11.3. The van der Waals surface area contributed by atoms with Crippen LogP contribution in [0.1, 0.15) is 5.56 Å². The van der Waals surface area contributed by atoms with Crippen molar-refractivity contribution in [2.24, 2.45) is 7.05 Å². The van der Waals surface area contributed by atoms with E-state index >= 15 is 0 Å². The van der Waals surface area contributed by atoms with Gasteiger partial charge in [0.2, 0.25) is 0 Å². The molecule has 0 saturated heterocycles. The number of nitrogens with zero attached hydrogens (tertiary/aromatic N) is 1. The molecule has 0 aliphatic carbocycles. The quantitative estimate of drug-likeness (QED) is 0.747. The molecule has 0 amide bonds. The molecule has 3 rings (SSSR count). The molecule has 3 heteroatoms. The van der Waals surface area contributed by atoms with Gasteiger partial charge in [-0.25, -0.2) is 0 Å². The van der Waals surface area contributed by atoms with E-state index in [2.05, 4.69) is 16.7 Å². The zero-order chi connectivity index (χ0) is 12.7. The van der Waals surface area contributed by atoms with Gasteiger partial charge >= 0.3 is 5.97 Å². The van der Waals surface area contributed by atoms with Crippen LogP contribution < -0.4 is 0 Å². The van der Waals surface area contributed by atoms with Crippen LogP contribution in [0, 0.1) is 0 Å². The third-order valence-corrected chi connectivity index (χ3v) is 3.35. The minimum Gasteiger partial charge on any atom is -0.481 e. The molecule has 90 valence electrons. The van der Waals surface area contributed by atoms with Crippen molar-refractivity contribution in [3.63, 3.8) is 0 Å². The van der Waals surface area contributed by atoms with Crippen molar-refractivity contribution >= 4 is 27.8 Å². The summed E-state index contributed by atoms with van der Waals surface area (Å²) in [6.07, 6.45) is 0.0570. The summed E-state index contributed by atoms with van der Waals surface area (Å²) in [7, 11) is 1.98. The van der Waals surface area contributed by atoms with Crippen molar-refractivity contribution in [1.82, 2.24) is 4.57 Å². The average Bonchev–Trinajstić information content (AvgIpc) is 2.65. The minimum atomic E-state index is -0.798. The highest BCUT2D eigenvalue weighted by molar-refractivity contribution is 6.09. The Bertz CT molecular complexity index is 756. The first-order valence-corrected chi connectivity index (χ1v) is 5.85. The van der Waals surface area contributed by atoms with Gasteiger partial charge in [0.15, 0.2) is 0 Å². The molecule has 0 unspecified atom stereocenters. The third kappa shape index (κ3) is 1.48. The zero-order valence-electron chi connectivity index (χ0n) is 10.1. The molecule has 3 nitrogen and oxygen atoms in total. The van der Waals surface area contributed by atoms with E-state index in [1.807, 2.05) is 37.4 Å². The summed E-state index contributed by atoms with van der Waals surface area (Å²) in [4.78, 5) is 10.9. The third-order valence-electron chi connectivity index (χ3n) is 3.35. The molecule has 3 aromatic rings. The minimum absolute atomic E-state index is 0.0570. The van der Waals surface area contributed by atoms with Crippen molar-refractivity contribution in [1.29, 1.82) is 0 Å². The number of hydrogen-bond acceptors (Lipinski definition) is 1. The molecule has 0 aliphatic rings. The van der Waals surface area contributed by atoms with Crippen molar-refractivity contribution < 1.29 is 9.90 Å². The number of carboxylic acids is 1. The maximum Gasteiger partial charge on any atom is 0.307 e. The monoisotopic (exact) mass is 239 g/mol. The van der Waals surface area contributed by atoms with Gasteiger partial charge in [-0.2, -0.15) is 0 Å². The Labute approximate surface area is 104 Å². The smallest absolute Gasteiger partial charge is 0.307 e. The van der Waals surface area contributed by atoms with E-state index in [0.717, 1.165) is 22.0 Å². The van der Waals surface area contributed by atoms with Crippen molar-refractivity contribution in [2.45, 2.75) is 6.42 Å². The molecule has 18 heavy (non-hydrogen) atoms. The van der Waals surface area contributed by atoms with Crippen LogP contribution in [0.2, 0.25) is 0 Å². The van der Waals surface area contributed by atoms with E-state index < -0.39 is 5.97 Å². The summed E-state index contributed by atoms with van der Waals surface area (Å²) in [6.45, 7) is 0. The van der Waals surface area contributed by atoms with Gasteiger partial charge in [-0.3, -0.25) is 4.79 Å². The Morgan fingerprint density at radius 2 is 1.83 bits per heavy atom. The number of hydrogen-bond donors (Lipinski definition) is 1. The van der Waals surface area contributed by atoms with Crippen LogP contribution in [0.5, 0.6) is 0 Å². The van der Waals surface area contributed by atoms with Gasteiger partial charge in [0, 0.05) is 23.3 Å². The largest absolute Gasteiger partial charge is 0.481 e. The van der Waals surface area contributed by atoms with E-state index in [9.17, 15) is 4.79 Å². The summed E-state index contributed by atoms with van der Waals surface area (Å²) >= 11 is 0. The summed E-state index contributed by atoms with van der Waals surface area (Å²) in [5.41, 5.74) is 3.00. The van der Waals surface area contributed by atoms with Gasteiger partial charge in [0.1, 0.15) is 0 Å². The molecule has 0 fully saturated rings. The fraction of sp³-hybridized carbons (Fsp3) is 0.133. The molecule has 0 radical (unpaired) electrons. The maximum absolute atomic E-state index is 10.9. The Balaban J connectivity index is 2.44. The van der Waals surface area contributed by atoms with E-state index in [1.54, 1.807) is 0 Å². The van der Waals surface area contributed by atoms with E-state index in [1.165, 1.54) is 5.39 Å². The predicted octanol–water partition coefficient (Wildman–Crippen LogP) is 2.96. The maximum atomic E-state index is 10.9. The molecular weight excluding hydrogens is 226 g/mol. The Kier molecular flexibility index (Phi) is 2.33. The summed E-state index contributed by atoms with van der Waals surface area (Å²) in [5.74, 6) is -0.798. The summed E-state index contributed by atoms with van der Waals surface area (Å²) < 4.78 is 2.07. The first-order valence-electron chi connectivity index (χ1n) is 5.85. The lowest BCUT2D eigenvalue weighted by molar-refractivity contribution is -0.136.